The lowest BCUT2D eigenvalue weighted by molar-refractivity contribution is -0.166. The van der Waals surface area contributed by atoms with Crippen LogP contribution in [0.2, 0.25) is 0 Å². The Hall–Kier alpha value is -0.780. The van der Waals surface area contributed by atoms with E-state index in [1.807, 2.05) is 0 Å². The van der Waals surface area contributed by atoms with Gasteiger partial charge in [0.15, 0.2) is 0 Å². The fourth-order valence-corrected chi connectivity index (χ4v) is 0.527. The highest BCUT2D eigenvalue weighted by molar-refractivity contribution is 5.80. The molecule has 11 heavy (non-hydrogen) atoms. The number of halogens is 3. The molecule has 0 aromatic heterocycles. The van der Waals surface area contributed by atoms with E-state index in [1.54, 1.807) is 0 Å². The molecule has 66 valence electrons. The van der Waals surface area contributed by atoms with Crippen molar-refractivity contribution in [2.75, 3.05) is 13.7 Å². The third kappa shape index (κ3) is 3.22. The number of amidine groups is 1. The van der Waals surface area contributed by atoms with Crippen LogP contribution < -0.4 is 5.73 Å². The molecule has 3 nitrogen and oxygen atoms in total. The van der Waals surface area contributed by atoms with Crippen molar-refractivity contribution in [2.24, 2.45) is 11.7 Å². The topological polar surface area (TPSA) is 59.1 Å². The molecule has 1 atom stereocenters. The van der Waals surface area contributed by atoms with Gasteiger partial charge in [0.2, 0.25) is 0 Å². The molecule has 0 spiro atoms. The van der Waals surface area contributed by atoms with Gasteiger partial charge in [-0.25, -0.2) is 0 Å². The summed E-state index contributed by atoms with van der Waals surface area (Å²) >= 11 is 0. The Balaban J connectivity index is 4.22. The zero-order valence-electron chi connectivity index (χ0n) is 5.90. The van der Waals surface area contributed by atoms with Crippen LogP contribution in [-0.4, -0.2) is 25.7 Å². The summed E-state index contributed by atoms with van der Waals surface area (Å²) in [7, 11) is 1.13. The number of hydrogen-bond donors (Lipinski definition) is 2. The Morgan fingerprint density at radius 3 is 2.18 bits per heavy atom. The van der Waals surface area contributed by atoms with Crippen LogP contribution >= 0.6 is 0 Å². The van der Waals surface area contributed by atoms with E-state index in [1.165, 1.54) is 0 Å². The normalized spacial score (nSPS) is 14.5. The number of alkyl halides is 3. The van der Waals surface area contributed by atoms with Crippen LogP contribution in [0.25, 0.3) is 0 Å². The Bertz CT molecular complexity index is 145. The van der Waals surface area contributed by atoms with Crippen LogP contribution in [0.4, 0.5) is 13.2 Å². The maximum atomic E-state index is 11.9. The molecule has 0 heterocycles. The Labute approximate surface area is 61.8 Å². The quantitative estimate of drug-likeness (QED) is 0.485. The third-order valence-corrected chi connectivity index (χ3v) is 1.10. The van der Waals surface area contributed by atoms with Crippen LogP contribution in [0, 0.1) is 11.3 Å². The van der Waals surface area contributed by atoms with Gasteiger partial charge < -0.3 is 10.5 Å². The molecule has 0 saturated heterocycles. The second-order valence-electron chi connectivity index (χ2n) is 2.00. The monoisotopic (exact) mass is 170 g/mol. The standard InChI is InChI=1S/C5H9F3N2O/c1-11-2-3(4(9)10)5(6,7)8/h3H,2H2,1H3,(H3,9,10). The minimum Gasteiger partial charge on any atom is -0.387 e. The summed E-state index contributed by atoms with van der Waals surface area (Å²) < 4.78 is 39.8. The number of hydrogen-bond acceptors (Lipinski definition) is 2. The minimum absolute atomic E-state index is 0.598. The van der Waals surface area contributed by atoms with E-state index < -0.39 is 24.5 Å². The highest BCUT2D eigenvalue weighted by atomic mass is 19.4. The van der Waals surface area contributed by atoms with Crippen molar-refractivity contribution in [2.45, 2.75) is 6.18 Å². The predicted octanol–water partition coefficient (Wildman–Crippen LogP) is 0.747. The zero-order chi connectivity index (χ0) is 9.07. The van der Waals surface area contributed by atoms with E-state index in [0.29, 0.717) is 0 Å². The van der Waals surface area contributed by atoms with Gasteiger partial charge in [0.05, 0.1) is 6.61 Å². The van der Waals surface area contributed by atoms with Gasteiger partial charge in [0.25, 0.3) is 0 Å². The highest BCUT2D eigenvalue weighted by Gasteiger charge is 2.41. The third-order valence-electron chi connectivity index (χ3n) is 1.10. The molecule has 0 rings (SSSR count). The highest BCUT2D eigenvalue weighted by Crippen LogP contribution is 2.25. The summed E-state index contributed by atoms with van der Waals surface area (Å²) in [5, 5.41) is 6.59. The van der Waals surface area contributed by atoms with E-state index in [0.717, 1.165) is 7.11 Å². The fourth-order valence-electron chi connectivity index (χ4n) is 0.527. The molecule has 0 aromatic rings. The largest absolute Gasteiger partial charge is 0.400 e. The van der Waals surface area contributed by atoms with Crippen molar-refractivity contribution in [3.8, 4) is 0 Å². The zero-order valence-corrected chi connectivity index (χ0v) is 5.90. The lowest BCUT2D eigenvalue weighted by Crippen LogP contribution is -2.38. The van der Waals surface area contributed by atoms with Crippen molar-refractivity contribution in [3.63, 3.8) is 0 Å². The van der Waals surface area contributed by atoms with Crippen LogP contribution in [0.3, 0.4) is 0 Å². The minimum atomic E-state index is -4.48. The lowest BCUT2D eigenvalue weighted by atomic mass is 10.1. The first-order valence-corrected chi connectivity index (χ1v) is 2.79. The molecule has 6 heteroatoms. The summed E-state index contributed by atoms with van der Waals surface area (Å²) in [6.45, 7) is -0.598. The molecule has 0 aromatic carbocycles. The Kier molecular flexibility index (Phi) is 3.31. The van der Waals surface area contributed by atoms with Gasteiger partial charge in [-0.05, 0) is 0 Å². The number of nitrogens with one attached hydrogen (secondary N) is 1. The molecule has 3 N–H and O–H groups in total. The number of methoxy groups -OCH3 is 1. The number of rotatable bonds is 3. The molecule has 0 aliphatic rings. The van der Waals surface area contributed by atoms with Crippen molar-refractivity contribution in [3.05, 3.63) is 0 Å². The van der Waals surface area contributed by atoms with E-state index in [4.69, 9.17) is 11.1 Å². The van der Waals surface area contributed by atoms with Crippen LogP contribution in [0.15, 0.2) is 0 Å². The van der Waals surface area contributed by atoms with Gasteiger partial charge in [0, 0.05) is 7.11 Å². The fraction of sp³-hybridized carbons (Fsp3) is 0.800. The van der Waals surface area contributed by atoms with E-state index in [9.17, 15) is 13.2 Å². The molecule has 0 fully saturated rings. The van der Waals surface area contributed by atoms with Gasteiger partial charge in [-0.2, -0.15) is 13.2 Å². The average Bonchev–Trinajstić information content (AvgIpc) is 1.79. The first kappa shape index (κ1) is 10.2. The second-order valence-corrected chi connectivity index (χ2v) is 2.00. The van der Waals surface area contributed by atoms with E-state index in [-0.39, 0.29) is 0 Å². The predicted molar refractivity (Wildman–Crippen MR) is 33.3 cm³/mol. The SMILES string of the molecule is COCC(C(=N)N)C(F)(F)F. The van der Waals surface area contributed by atoms with Crippen molar-refractivity contribution >= 4 is 5.84 Å². The van der Waals surface area contributed by atoms with Crippen LogP contribution in [-0.2, 0) is 4.74 Å². The summed E-state index contributed by atoms with van der Waals surface area (Å²) in [6.07, 6.45) is -4.48. The lowest BCUT2D eigenvalue weighted by Gasteiger charge is -2.17. The molecule has 0 radical (unpaired) electrons. The van der Waals surface area contributed by atoms with E-state index in [2.05, 4.69) is 4.74 Å². The van der Waals surface area contributed by atoms with Crippen LogP contribution in [0.1, 0.15) is 0 Å². The maximum absolute atomic E-state index is 11.9. The molecule has 0 aliphatic heterocycles. The Morgan fingerprint density at radius 2 is 2.09 bits per heavy atom. The summed E-state index contributed by atoms with van der Waals surface area (Å²) in [5.41, 5.74) is 4.69. The second kappa shape index (κ2) is 3.56. The van der Waals surface area contributed by atoms with Crippen LogP contribution in [0.5, 0.6) is 0 Å². The first-order chi connectivity index (χ1) is 4.89. The van der Waals surface area contributed by atoms with Crippen molar-refractivity contribution in [1.82, 2.24) is 0 Å². The summed E-state index contributed by atoms with van der Waals surface area (Å²) in [4.78, 5) is 0. The van der Waals surface area contributed by atoms with Gasteiger partial charge >= 0.3 is 6.18 Å². The molecule has 1 unspecified atom stereocenters. The smallest absolute Gasteiger partial charge is 0.387 e. The van der Waals surface area contributed by atoms with Gasteiger partial charge in [0.1, 0.15) is 11.8 Å². The van der Waals surface area contributed by atoms with Crippen molar-refractivity contribution < 1.29 is 17.9 Å². The molecule has 0 amide bonds. The summed E-state index contributed by atoms with van der Waals surface area (Å²) in [5.74, 6) is -2.90. The van der Waals surface area contributed by atoms with Gasteiger partial charge in [-0.3, -0.25) is 5.41 Å². The molecular weight excluding hydrogens is 161 g/mol. The maximum Gasteiger partial charge on any atom is 0.400 e. The molecular formula is C5H9F3N2O. The number of ether oxygens (including phenoxy) is 1. The first-order valence-electron chi connectivity index (χ1n) is 2.79. The average molecular weight is 170 g/mol. The summed E-state index contributed by atoms with van der Waals surface area (Å²) in [6, 6.07) is 0. The number of nitrogens with two attached hydrogens (primary N) is 1. The molecule has 0 saturated carbocycles. The van der Waals surface area contributed by atoms with Gasteiger partial charge in [-0.1, -0.05) is 0 Å². The van der Waals surface area contributed by atoms with Gasteiger partial charge in [-0.15, -0.1) is 0 Å². The Morgan fingerprint density at radius 1 is 1.64 bits per heavy atom. The van der Waals surface area contributed by atoms with E-state index >= 15 is 0 Å². The molecule has 0 bridgehead atoms. The molecule has 0 aliphatic carbocycles. The van der Waals surface area contributed by atoms with Crippen molar-refractivity contribution in [1.29, 1.82) is 5.41 Å².